The number of hydrogen-bond acceptors (Lipinski definition) is 6. The summed E-state index contributed by atoms with van der Waals surface area (Å²) < 4.78 is 5.75. The van der Waals surface area contributed by atoms with Gasteiger partial charge in [0.2, 0.25) is 5.06 Å². The molecule has 0 radical (unpaired) electrons. The number of rotatable bonds is 6. The summed E-state index contributed by atoms with van der Waals surface area (Å²) in [5.41, 5.74) is 2.55. The molecule has 0 aliphatic carbocycles. The lowest BCUT2D eigenvalue weighted by molar-refractivity contribution is 0.0701. The second kappa shape index (κ2) is 8.10. The van der Waals surface area contributed by atoms with Crippen LogP contribution in [0.5, 0.6) is 10.8 Å². The van der Waals surface area contributed by atoms with Crippen LogP contribution < -0.4 is 15.0 Å². The Kier molecular flexibility index (Phi) is 5.60. The van der Waals surface area contributed by atoms with E-state index in [9.17, 15) is 14.7 Å². The second-order valence-corrected chi connectivity index (χ2v) is 7.26. The Hall–Kier alpha value is -3.39. The SMILES string of the molecule is Cc1ccc(Oc2sc(C(=O)O)cc2NC(=O)c2ccc(N(C)C)cc2)cn1. The molecule has 2 N–H and O–H groups in total. The van der Waals surface area contributed by atoms with Gasteiger partial charge in [0.05, 0.1) is 11.9 Å². The number of carbonyl (C=O) groups excluding carboxylic acids is 1. The number of ether oxygens (including phenoxy) is 1. The molecule has 28 heavy (non-hydrogen) atoms. The Morgan fingerprint density at radius 1 is 1.14 bits per heavy atom. The number of pyridine rings is 1. The van der Waals surface area contributed by atoms with Gasteiger partial charge in [-0.3, -0.25) is 9.78 Å². The molecule has 2 heterocycles. The summed E-state index contributed by atoms with van der Waals surface area (Å²) >= 11 is 0.939. The molecule has 0 saturated heterocycles. The summed E-state index contributed by atoms with van der Waals surface area (Å²) in [5.74, 6) is -0.991. The first-order valence-electron chi connectivity index (χ1n) is 8.40. The highest BCUT2D eigenvalue weighted by Gasteiger charge is 2.18. The van der Waals surface area contributed by atoms with Crippen LogP contribution >= 0.6 is 11.3 Å². The lowest BCUT2D eigenvalue weighted by Gasteiger charge is -2.12. The summed E-state index contributed by atoms with van der Waals surface area (Å²) in [7, 11) is 3.83. The van der Waals surface area contributed by atoms with Crippen molar-refractivity contribution in [1.82, 2.24) is 4.98 Å². The van der Waals surface area contributed by atoms with Crippen molar-refractivity contribution in [2.75, 3.05) is 24.3 Å². The van der Waals surface area contributed by atoms with E-state index < -0.39 is 5.97 Å². The van der Waals surface area contributed by atoms with E-state index in [0.717, 1.165) is 22.7 Å². The van der Waals surface area contributed by atoms with E-state index in [1.165, 1.54) is 6.07 Å². The van der Waals surface area contributed by atoms with Crippen LogP contribution in [0.15, 0.2) is 48.7 Å². The van der Waals surface area contributed by atoms with Gasteiger partial charge in [-0.2, -0.15) is 0 Å². The summed E-state index contributed by atoms with van der Waals surface area (Å²) in [6, 6.07) is 12.0. The quantitative estimate of drug-likeness (QED) is 0.646. The van der Waals surface area contributed by atoms with Crippen molar-refractivity contribution in [2.45, 2.75) is 6.92 Å². The Morgan fingerprint density at radius 2 is 1.86 bits per heavy atom. The summed E-state index contributed by atoms with van der Waals surface area (Å²) in [6.45, 7) is 1.85. The van der Waals surface area contributed by atoms with E-state index in [1.54, 1.807) is 30.5 Å². The van der Waals surface area contributed by atoms with Gasteiger partial charge in [0.15, 0.2) is 0 Å². The molecule has 0 unspecified atom stereocenters. The predicted molar refractivity (Wildman–Crippen MR) is 109 cm³/mol. The van der Waals surface area contributed by atoms with Gasteiger partial charge in [-0.25, -0.2) is 4.79 Å². The molecule has 7 nitrogen and oxygen atoms in total. The number of carbonyl (C=O) groups is 2. The molecule has 3 rings (SSSR count). The van der Waals surface area contributed by atoms with E-state index in [1.807, 2.05) is 38.1 Å². The summed E-state index contributed by atoms with van der Waals surface area (Å²) in [6.07, 6.45) is 1.54. The Bertz CT molecular complexity index is 995. The minimum Gasteiger partial charge on any atom is -0.477 e. The van der Waals surface area contributed by atoms with Crippen molar-refractivity contribution in [2.24, 2.45) is 0 Å². The predicted octanol–water partition coefficient (Wildman–Crippen LogP) is 4.26. The molecule has 2 aromatic heterocycles. The molecule has 0 spiro atoms. The van der Waals surface area contributed by atoms with Crippen molar-refractivity contribution < 1.29 is 19.4 Å². The number of carboxylic acid groups (broad SMARTS) is 1. The van der Waals surface area contributed by atoms with Gasteiger partial charge in [-0.1, -0.05) is 11.3 Å². The molecule has 0 atom stereocenters. The highest BCUT2D eigenvalue weighted by Crippen LogP contribution is 2.38. The largest absolute Gasteiger partial charge is 0.477 e. The number of thiophene rings is 1. The van der Waals surface area contributed by atoms with Crippen LogP contribution in [-0.4, -0.2) is 36.1 Å². The summed E-state index contributed by atoms with van der Waals surface area (Å²) in [5, 5.41) is 12.3. The number of benzene rings is 1. The van der Waals surface area contributed by atoms with Crippen molar-refractivity contribution in [3.05, 3.63) is 64.8 Å². The summed E-state index contributed by atoms with van der Waals surface area (Å²) in [4.78, 5) is 30.1. The Morgan fingerprint density at radius 3 is 2.43 bits per heavy atom. The fourth-order valence-corrected chi connectivity index (χ4v) is 3.19. The van der Waals surface area contributed by atoms with Crippen molar-refractivity contribution >= 4 is 34.6 Å². The topological polar surface area (TPSA) is 91.8 Å². The lowest BCUT2D eigenvalue weighted by atomic mass is 10.2. The van der Waals surface area contributed by atoms with Gasteiger partial charge < -0.3 is 20.1 Å². The minimum absolute atomic E-state index is 0.0633. The van der Waals surface area contributed by atoms with Crippen LogP contribution in [0.25, 0.3) is 0 Å². The van der Waals surface area contributed by atoms with Crippen LogP contribution in [0.3, 0.4) is 0 Å². The van der Waals surface area contributed by atoms with Gasteiger partial charge >= 0.3 is 5.97 Å². The van der Waals surface area contributed by atoms with E-state index in [-0.39, 0.29) is 15.8 Å². The zero-order valence-corrected chi connectivity index (χ0v) is 16.4. The number of anilines is 2. The van der Waals surface area contributed by atoms with Crippen LogP contribution in [0.2, 0.25) is 0 Å². The van der Waals surface area contributed by atoms with Gasteiger partial charge in [-0.15, -0.1) is 0 Å². The van der Waals surface area contributed by atoms with Crippen LogP contribution in [-0.2, 0) is 0 Å². The monoisotopic (exact) mass is 397 g/mol. The third kappa shape index (κ3) is 4.47. The maximum absolute atomic E-state index is 12.6. The lowest BCUT2D eigenvalue weighted by Crippen LogP contribution is -2.13. The molecule has 0 aliphatic heterocycles. The average Bonchev–Trinajstić information content (AvgIpc) is 3.06. The molecule has 0 bridgehead atoms. The number of carboxylic acids is 1. The standard InChI is InChI=1S/C20H19N3O4S/c1-12-4-9-15(11-21-12)27-20-16(10-17(28-20)19(25)26)22-18(24)13-5-7-14(8-6-13)23(2)3/h4-11H,1-3H3,(H,22,24)(H,25,26). The molecular formula is C20H19N3O4S. The van der Waals surface area contributed by atoms with Gasteiger partial charge in [0, 0.05) is 31.0 Å². The maximum Gasteiger partial charge on any atom is 0.346 e. The van der Waals surface area contributed by atoms with Gasteiger partial charge in [0.1, 0.15) is 10.6 Å². The first kappa shape index (κ1) is 19.4. The van der Waals surface area contributed by atoms with Crippen molar-refractivity contribution in [1.29, 1.82) is 0 Å². The van der Waals surface area contributed by atoms with Crippen LogP contribution in [0, 0.1) is 6.92 Å². The number of hydrogen-bond donors (Lipinski definition) is 2. The van der Waals surface area contributed by atoms with E-state index >= 15 is 0 Å². The zero-order chi connectivity index (χ0) is 20.3. The molecule has 144 valence electrons. The van der Waals surface area contributed by atoms with Crippen molar-refractivity contribution in [3.63, 3.8) is 0 Å². The third-order valence-corrected chi connectivity index (χ3v) is 4.90. The van der Waals surface area contributed by atoms with Crippen molar-refractivity contribution in [3.8, 4) is 10.8 Å². The first-order valence-corrected chi connectivity index (χ1v) is 9.21. The number of aryl methyl sites for hydroxylation is 1. The van der Waals surface area contributed by atoms with E-state index in [4.69, 9.17) is 4.74 Å². The fourth-order valence-electron chi connectivity index (χ4n) is 2.37. The normalized spacial score (nSPS) is 10.4. The first-order chi connectivity index (χ1) is 13.3. The smallest absolute Gasteiger partial charge is 0.346 e. The molecule has 8 heteroatoms. The fraction of sp³-hybridized carbons (Fsp3) is 0.150. The zero-order valence-electron chi connectivity index (χ0n) is 15.6. The third-order valence-electron chi connectivity index (χ3n) is 3.90. The highest BCUT2D eigenvalue weighted by molar-refractivity contribution is 7.16. The number of aromatic nitrogens is 1. The molecule has 0 aliphatic rings. The highest BCUT2D eigenvalue weighted by atomic mass is 32.1. The van der Waals surface area contributed by atoms with Crippen LogP contribution in [0.4, 0.5) is 11.4 Å². The Balaban J connectivity index is 1.84. The van der Waals surface area contributed by atoms with E-state index in [2.05, 4.69) is 10.3 Å². The van der Waals surface area contributed by atoms with Gasteiger partial charge in [-0.05, 0) is 49.4 Å². The molecule has 1 amide bonds. The molecule has 0 saturated carbocycles. The maximum atomic E-state index is 12.6. The molecule has 0 fully saturated rings. The molecule has 1 aromatic carbocycles. The second-order valence-electron chi connectivity index (χ2n) is 6.25. The average molecular weight is 397 g/mol. The number of nitrogens with one attached hydrogen (secondary N) is 1. The number of nitrogens with zero attached hydrogens (tertiary/aromatic N) is 2. The van der Waals surface area contributed by atoms with Crippen LogP contribution in [0.1, 0.15) is 25.7 Å². The Labute approximate surface area is 166 Å². The number of aromatic carboxylic acids is 1. The molecular weight excluding hydrogens is 378 g/mol. The number of amides is 1. The molecule has 3 aromatic rings. The van der Waals surface area contributed by atoms with E-state index in [0.29, 0.717) is 17.0 Å². The van der Waals surface area contributed by atoms with Gasteiger partial charge in [0.25, 0.3) is 5.91 Å². The minimum atomic E-state index is -1.09.